The zero-order valence-electron chi connectivity index (χ0n) is 12.2. The highest BCUT2D eigenvalue weighted by atomic mass is 16.5. The van der Waals surface area contributed by atoms with Gasteiger partial charge >= 0.3 is 0 Å². The predicted molar refractivity (Wildman–Crippen MR) is 78.7 cm³/mol. The van der Waals surface area contributed by atoms with Crippen molar-refractivity contribution in [3.05, 3.63) is 29.6 Å². The number of nitrogens with zero attached hydrogens (tertiary/aromatic N) is 2. The summed E-state index contributed by atoms with van der Waals surface area (Å²) in [6.45, 7) is 2.17. The Hall–Kier alpha value is -1.90. The van der Waals surface area contributed by atoms with Crippen LogP contribution in [-0.2, 0) is 4.74 Å². The van der Waals surface area contributed by atoms with Crippen LogP contribution in [0.15, 0.2) is 18.5 Å². The van der Waals surface area contributed by atoms with Crippen LogP contribution in [0.3, 0.4) is 0 Å². The van der Waals surface area contributed by atoms with E-state index in [0.29, 0.717) is 30.1 Å². The topological polar surface area (TPSA) is 62.7 Å². The Labute approximate surface area is 124 Å². The highest BCUT2D eigenvalue weighted by Gasteiger charge is 2.27. The summed E-state index contributed by atoms with van der Waals surface area (Å²) in [7, 11) is 1.68. The molecule has 2 heterocycles. The van der Waals surface area contributed by atoms with Crippen LogP contribution >= 0.6 is 0 Å². The third-order valence-corrected chi connectivity index (χ3v) is 3.49. The van der Waals surface area contributed by atoms with Crippen LogP contribution in [0.5, 0.6) is 0 Å². The maximum absolute atomic E-state index is 12.6. The van der Waals surface area contributed by atoms with E-state index in [-0.39, 0.29) is 12.5 Å². The number of carbonyl (C=O) groups is 1. The molecule has 1 fully saturated rings. The second-order valence-corrected chi connectivity index (χ2v) is 5.06. The van der Waals surface area contributed by atoms with Crippen LogP contribution < -0.4 is 0 Å². The van der Waals surface area contributed by atoms with Gasteiger partial charge in [0.25, 0.3) is 5.91 Å². The number of aliphatic hydroxyl groups excluding tert-OH is 1. The van der Waals surface area contributed by atoms with Gasteiger partial charge in [-0.3, -0.25) is 9.78 Å². The van der Waals surface area contributed by atoms with Crippen LogP contribution in [0, 0.1) is 17.8 Å². The van der Waals surface area contributed by atoms with Crippen LogP contribution in [0.25, 0.3) is 0 Å². The minimum Gasteiger partial charge on any atom is -0.395 e. The van der Waals surface area contributed by atoms with E-state index < -0.39 is 0 Å². The molecule has 1 aliphatic heterocycles. The highest BCUT2D eigenvalue weighted by molar-refractivity contribution is 5.96. The van der Waals surface area contributed by atoms with E-state index in [4.69, 9.17) is 9.84 Å². The predicted octanol–water partition coefficient (Wildman–Crippen LogP) is 0.924. The standard InChI is InChI=1S/C16H20N2O3/c1-21-12-13-6-8-18(11-13)16(20)15-5-7-17-10-14(15)4-2-3-9-19/h5,7,10,13,19H,3,6,8-9,11-12H2,1H3. The molecule has 1 aromatic rings. The molecule has 0 bridgehead atoms. The highest BCUT2D eigenvalue weighted by Crippen LogP contribution is 2.20. The average molecular weight is 288 g/mol. The van der Waals surface area contributed by atoms with E-state index in [1.54, 1.807) is 25.6 Å². The summed E-state index contributed by atoms with van der Waals surface area (Å²) in [5, 5.41) is 8.77. The van der Waals surface area contributed by atoms with E-state index in [1.807, 2.05) is 4.90 Å². The molecule has 0 aromatic carbocycles. The first-order valence-corrected chi connectivity index (χ1v) is 7.08. The number of rotatable bonds is 4. The van der Waals surface area contributed by atoms with E-state index >= 15 is 0 Å². The number of likely N-dealkylation sites (tertiary alicyclic amines) is 1. The van der Waals surface area contributed by atoms with Gasteiger partial charge in [0.2, 0.25) is 0 Å². The van der Waals surface area contributed by atoms with Crippen LogP contribution in [0.4, 0.5) is 0 Å². The van der Waals surface area contributed by atoms with Crippen molar-refractivity contribution in [2.75, 3.05) is 33.4 Å². The number of methoxy groups -OCH3 is 1. The Bertz CT molecular complexity index is 548. The molecular formula is C16H20N2O3. The van der Waals surface area contributed by atoms with Crippen LogP contribution in [-0.4, -0.2) is 54.3 Å². The summed E-state index contributed by atoms with van der Waals surface area (Å²) < 4.78 is 5.15. The molecule has 2 rings (SSSR count). The van der Waals surface area contributed by atoms with E-state index in [1.165, 1.54) is 0 Å². The molecule has 1 N–H and O–H groups in total. The molecule has 0 aliphatic carbocycles. The lowest BCUT2D eigenvalue weighted by Crippen LogP contribution is -2.29. The molecule has 1 aliphatic rings. The lowest BCUT2D eigenvalue weighted by Gasteiger charge is -2.17. The summed E-state index contributed by atoms with van der Waals surface area (Å²) in [6.07, 6.45) is 4.56. The Kier molecular flexibility index (Phi) is 5.73. The Balaban J connectivity index is 2.11. The van der Waals surface area contributed by atoms with Gasteiger partial charge in [-0.2, -0.15) is 0 Å². The molecule has 0 radical (unpaired) electrons. The van der Waals surface area contributed by atoms with Crippen molar-refractivity contribution in [3.8, 4) is 11.8 Å². The summed E-state index contributed by atoms with van der Waals surface area (Å²) in [5.41, 5.74) is 1.19. The molecule has 5 heteroatoms. The summed E-state index contributed by atoms with van der Waals surface area (Å²) in [4.78, 5) is 18.5. The number of amides is 1. The zero-order chi connectivity index (χ0) is 15.1. The number of hydrogen-bond donors (Lipinski definition) is 1. The van der Waals surface area contributed by atoms with Crippen LogP contribution in [0.1, 0.15) is 28.8 Å². The van der Waals surface area contributed by atoms with Gasteiger partial charge < -0.3 is 14.7 Å². The second-order valence-electron chi connectivity index (χ2n) is 5.06. The maximum Gasteiger partial charge on any atom is 0.255 e. The number of aromatic nitrogens is 1. The largest absolute Gasteiger partial charge is 0.395 e. The monoisotopic (exact) mass is 288 g/mol. The van der Waals surface area contributed by atoms with Gasteiger partial charge in [-0.25, -0.2) is 0 Å². The molecule has 5 nitrogen and oxygen atoms in total. The second kappa shape index (κ2) is 7.77. The molecule has 1 atom stereocenters. The lowest BCUT2D eigenvalue weighted by atomic mass is 10.1. The Morgan fingerprint density at radius 1 is 1.62 bits per heavy atom. The lowest BCUT2D eigenvalue weighted by molar-refractivity contribution is 0.0775. The third-order valence-electron chi connectivity index (χ3n) is 3.49. The minimum atomic E-state index is -0.00991. The molecular weight excluding hydrogens is 268 g/mol. The van der Waals surface area contributed by atoms with Crippen molar-refractivity contribution >= 4 is 5.91 Å². The van der Waals surface area contributed by atoms with Gasteiger partial charge in [0.15, 0.2) is 0 Å². The fourth-order valence-electron chi connectivity index (χ4n) is 2.45. The number of carbonyl (C=O) groups excluding carboxylic acids is 1. The molecule has 1 saturated heterocycles. The first kappa shape index (κ1) is 15.5. The van der Waals surface area contributed by atoms with Crippen LogP contribution in [0.2, 0.25) is 0 Å². The Morgan fingerprint density at radius 3 is 3.24 bits per heavy atom. The normalized spacial score (nSPS) is 17.4. The summed E-state index contributed by atoms with van der Waals surface area (Å²) in [6, 6.07) is 1.70. The zero-order valence-corrected chi connectivity index (χ0v) is 12.2. The molecule has 1 amide bonds. The van der Waals surface area contributed by atoms with E-state index in [0.717, 1.165) is 19.5 Å². The SMILES string of the molecule is COCC1CCN(C(=O)c2ccncc2C#CCCO)C1. The summed E-state index contributed by atoms with van der Waals surface area (Å²) >= 11 is 0. The smallest absolute Gasteiger partial charge is 0.255 e. The number of hydrogen-bond acceptors (Lipinski definition) is 4. The number of ether oxygens (including phenoxy) is 1. The average Bonchev–Trinajstić information content (AvgIpc) is 2.96. The number of pyridine rings is 1. The molecule has 21 heavy (non-hydrogen) atoms. The summed E-state index contributed by atoms with van der Waals surface area (Å²) in [5.74, 6) is 6.14. The molecule has 112 valence electrons. The third kappa shape index (κ3) is 4.03. The maximum atomic E-state index is 12.6. The first-order chi connectivity index (χ1) is 10.3. The fraction of sp³-hybridized carbons (Fsp3) is 0.500. The van der Waals surface area contributed by atoms with Crippen molar-refractivity contribution in [1.29, 1.82) is 0 Å². The van der Waals surface area contributed by atoms with Crippen molar-refractivity contribution in [1.82, 2.24) is 9.88 Å². The quantitative estimate of drug-likeness (QED) is 0.837. The molecule has 1 unspecified atom stereocenters. The van der Waals surface area contributed by atoms with E-state index in [2.05, 4.69) is 16.8 Å². The molecule has 0 saturated carbocycles. The van der Waals surface area contributed by atoms with Gasteiger partial charge in [-0.15, -0.1) is 0 Å². The van der Waals surface area contributed by atoms with Crippen molar-refractivity contribution in [2.45, 2.75) is 12.8 Å². The van der Waals surface area contributed by atoms with Crippen molar-refractivity contribution in [2.24, 2.45) is 5.92 Å². The molecule has 1 aromatic heterocycles. The Morgan fingerprint density at radius 2 is 2.48 bits per heavy atom. The molecule has 0 spiro atoms. The van der Waals surface area contributed by atoms with Gasteiger partial charge in [-0.05, 0) is 12.5 Å². The minimum absolute atomic E-state index is 0.00991. The van der Waals surface area contributed by atoms with Gasteiger partial charge in [0.1, 0.15) is 0 Å². The van der Waals surface area contributed by atoms with Gasteiger partial charge in [0.05, 0.1) is 24.3 Å². The first-order valence-electron chi connectivity index (χ1n) is 7.08. The van der Waals surface area contributed by atoms with Crippen molar-refractivity contribution in [3.63, 3.8) is 0 Å². The van der Waals surface area contributed by atoms with Gasteiger partial charge in [-0.1, -0.05) is 11.8 Å². The fourth-order valence-corrected chi connectivity index (χ4v) is 2.45. The van der Waals surface area contributed by atoms with E-state index in [9.17, 15) is 4.79 Å². The van der Waals surface area contributed by atoms with Gasteiger partial charge in [0, 0.05) is 44.9 Å². The number of aliphatic hydroxyl groups is 1. The van der Waals surface area contributed by atoms with Crippen molar-refractivity contribution < 1.29 is 14.6 Å².